The van der Waals surface area contributed by atoms with Crippen LogP contribution in [0, 0.1) is 0 Å². The van der Waals surface area contributed by atoms with E-state index in [0.717, 1.165) is 0 Å². The largest absolute Gasteiger partial charge is 0.465 e. The first-order valence-electron chi connectivity index (χ1n) is 12.5. The number of methoxy groups -OCH3 is 1. The first kappa shape index (κ1) is 28.4. The van der Waals surface area contributed by atoms with Crippen molar-refractivity contribution in [2.45, 2.75) is 56.3 Å². The number of fused-ring (bicyclic) bond motifs is 1. The van der Waals surface area contributed by atoms with E-state index < -0.39 is 60.5 Å². The number of hydrogen-bond acceptors (Lipinski definition) is 10. The highest BCUT2D eigenvalue weighted by Crippen LogP contribution is 2.43. The van der Waals surface area contributed by atoms with Gasteiger partial charge in [-0.3, -0.25) is 0 Å². The second-order valence-corrected chi connectivity index (χ2v) is 9.54. The van der Waals surface area contributed by atoms with Crippen LogP contribution in [0.1, 0.15) is 41.0 Å². The normalized spacial score (nSPS) is 26.1. The quantitative estimate of drug-likeness (QED) is 0.252. The highest BCUT2D eigenvalue weighted by atomic mass is 16.8. The van der Waals surface area contributed by atoms with E-state index in [9.17, 15) is 14.4 Å². The SMILES string of the molecule is C=CCO[C@@]1(C(=O)OC)C[C@H]2OC(C)(C)O[C@H]2[C@@H]([C@@H](COC(=O)c2ccccc2)OC(=O)c2ccccc2)O1. The molecule has 10 heteroatoms. The molecule has 39 heavy (non-hydrogen) atoms. The van der Waals surface area contributed by atoms with Crippen LogP contribution in [0.3, 0.4) is 0 Å². The molecule has 2 saturated heterocycles. The van der Waals surface area contributed by atoms with Gasteiger partial charge in [0.1, 0.15) is 18.8 Å². The van der Waals surface area contributed by atoms with Crippen molar-refractivity contribution in [1.29, 1.82) is 0 Å². The van der Waals surface area contributed by atoms with E-state index in [1.165, 1.54) is 13.2 Å². The standard InChI is InChI=1S/C29H32O10/c1-5-16-35-29(27(32)33-4)17-21-23(38-28(2,3)37-21)24(39-29)22(36-26(31)20-14-10-7-11-15-20)18-34-25(30)19-12-8-6-9-13-19/h5-15,21-24H,1,16-18H2,2-4H3/t21-,22-,23-,24-,29+/m1/s1. The van der Waals surface area contributed by atoms with Gasteiger partial charge in [0.2, 0.25) is 0 Å². The summed E-state index contributed by atoms with van der Waals surface area (Å²) in [5.41, 5.74) is 0.586. The average molecular weight is 541 g/mol. The minimum Gasteiger partial charge on any atom is -0.465 e. The Labute approximate surface area is 226 Å². The van der Waals surface area contributed by atoms with Gasteiger partial charge in [-0.15, -0.1) is 6.58 Å². The molecule has 0 bridgehead atoms. The Hall–Kier alpha value is -3.57. The fourth-order valence-electron chi connectivity index (χ4n) is 4.61. The zero-order valence-corrected chi connectivity index (χ0v) is 22.1. The first-order chi connectivity index (χ1) is 18.7. The Balaban J connectivity index is 1.68. The molecule has 2 heterocycles. The van der Waals surface area contributed by atoms with Crippen molar-refractivity contribution >= 4 is 17.9 Å². The van der Waals surface area contributed by atoms with Crippen molar-refractivity contribution in [3.8, 4) is 0 Å². The lowest BCUT2D eigenvalue weighted by atomic mass is 9.92. The molecule has 0 aliphatic carbocycles. The molecule has 208 valence electrons. The van der Waals surface area contributed by atoms with E-state index in [0.29, 0.717) is 5.56 Å². The molecule has 4 rings (SSSR count). The Morgan fingerprint density at radius 1 is 0.974 bits per heavy atom. The molecule has 0 N–H and O–H groups in total. The lowest BCUT2D eigenvalue weighted by Crippen LogP contribution is -2.62. The summed E-state index contributed by atoms with van der Waals surface area (Å²) in [7, 11) is 1.20. The van der Waals surface area contributed by atoms with Gasteiger partial charge < -0.3 is 33.2 Å². The Morgan fingerprint density at radius 2 is 1.59 bits per heavy atom. The van der Waals surface area contributed by atoms with Crippen LogP contribution in [0.15, 0.2) is 73.3 Å². The summed E-state index contributed by atoms with van der Waals surface area (Å²) in [6, 6.07) is 16.7. The molecule has 2 aromatic rings. The minimum absolute atomic E-state index is 0.0408. The van der Waals surface area contributed by atoms with Gasteiger partial charge in [-0.2, -0.15) is 0 Å². The molecule has 0 aromatic heterocycles. The molecule has 0 amide bonds. The third-order valence-electron chi connectivity index (χ3n) is 6.29. The molecule has 2 aliphatic rings. The molecule has 0 spiro atoms. The van der Waals surface area contributed by atoms with E-state index in [2.05, 4.69) is 6.58 Å². The maximum absolute atomic E-state index is 13.1. The van der Waals surface area contributed by atoms with Gasteiger partial charge in [0, 0.05) is 6.42 Å². The predicted octanol–water partition coefficient (Wildman–Crippen LogP) is 3.45. The lowest BCUT2D eigenvalue weighted by Gasteiger charge is -2.44. The van der Waals surface area contributed by atoms with Gasteiger partial charge in [-0.25, -0.2) is 14.4 Å². The second kappa shape index (κ2) is 12.1. The minimum atomic E-state index is -1.92. The summed E-state index contributed by atoms with van der Waals surface area (Å²) in [6.07, 6.45) is -2.46. The summed E-state index contributed by atoms with van der Waals surface area (Å²) in [4.78, 5) is 38.9. The zero-order valence-electron chi connectivity index (χ0n) is 22.1. The number of ether oxygens (including phenoxy) is 7. The molecule has 2 fully saturated rings. The van der Waals surface area contributed by atoms with Crippen LogP contribution >= 0.6 is 0 Å². The monoisotopic (exact) mass is 540 g/mol. The van der Waals surface area contributed by atoms with Gasteiger partial charge >= 0.3 is 17.9 Å². The second-order valence-electron chi connectivity index (χ2n) is 9.54. The fraction of sp³-hybridized carbons (Fsp3) is 0.414. The topological polar surface area (TPSA) is 116 Å². The maximum Gasteiger partial charge on any atom is 0.366 e. The first-order valence-corrected chi connectivity index (χ1v) is 12.5. The molecule has 0 saturated carbocycles. The molecular weight excluding hydrogens is 508 g/mol. The number of carbonyl (C=O) groups excluding carboxylic acids is 3. The van der Waals surface area contributed by atoms with Crippen LogP contribution in [-0.2, 0) is 38.0 Å². The van der Waals surface area contributed by atoms with Crippen molar-refractivity contribution in [3.63, 3.8) is 0 Å². The smallest absolute Gasteiger partial charge is 0.366 e. The van der Waals surface area contributed by atoms with E-state index in [-0.39, 0.29) is 18.6 Å². The van der Waals surface area contributed by atoms with Gasteiger partial charge in [0.25, 0.3) is 5.79 Å². The molecule has 2 aliphatic heterocycles. The number of rotatable bonds is 10. The number of benzene rings is 2. The van der Waals surface area contributed by atoms with E-state index >= 15 is 0 Å². The summed E-state index contributed by atoms with van der Waals surface area (Å²) in [5, 5.41) is 0. The molecule has 0 radical (unpaired) electrons. The van der Waals surface area contributed by atoms with E-state index in [1.54, 1.807) is 74.5 Å². The van der Waals surface area contributed by atoms with Gasteiger partial charge in [0.15, 0.2) is 11.9 Å². The number of esters is 3. The Bertz CT molecular complexity index is 1170. The van der Waals surface area contributed by atoms with Crippen molar-refractivity contribution < 1.29 is 47.5 Å². The van der Waals surface area contributed by atoms with Gasteiger partial charge in [0.05, 0.1) is 30.9 Å². The number of hydrogen-bond donors (Lipinski definition) is 0. The third-order valence-corrected chi connectivity index (χ3v) is 6.29. The van der Waals surface area contributed by atoms with Crippen LogP contribution in [-0.4, -0.2) is 74.2 Å². The summed E-state index contributed by atoms with van der Waals surface area (Å²) >= 11 is 0. The maximum atomic E-state index is 13.1. The van der Waals surface area contributed by atoms with Gasteiger partial charge in [-0.05, 0) is 38.1 Å². The molecule has 5 atom stereocenters. The summed E-state index contributed by atoms with van der Waals surface area (Å²) in [6.45, 7) is 6.63. The number of carbonyl (C=O) groups is 3. The Kier molecular flexibility index (Phi) is 8.81. The van der Waals surface area contributed by atoms with E-state index in [4.69, 9.17) is 33.2 Å². The van der Waals surface area contributed by atoms with Crippen LogP contribution in [0.5, 0.6) is 0 Å². The van der Waals surface area contributed by atoms with Crippen molar-refractivity contribution in [2.24, 2.45) is 0 Å². The molecule has 2 aromatic carbocycles. The van der Waals surface area contributed by atoms with Crippen LogP contribution < -0.4 is 0 Å². The molecule has 10 nitrogen and oxygen atoms in total. The third kappa shape index (κ3) is 6.54. The average Bonchev–Trinajstić information content (AvgIpc) is 3.27. The van der Waals surface area contributed by atoms with Crippen molar-refractivity contribution in [2.75, 3.05) is 20.3 Å². The van der Waals surface area contributed by atoms with Crippen LogP contribution in [0.4, 0.5) is 0 Å². The van der Waals surface area contributed by atoms with Crippen molar-refractivity contribution in [1.82, 2.24) is 0 Å². The highest BCUT2D eigenvalue weighted by molar-refractivity contribution is 5.90. The highest BCUT2D eigenvalue weighted by Gasteiger charge is 2.61. The lowest BCUT2D eigenvalue weighted by molar-refractivity contribution is -0.309. The molecule has 0 unspecified atom stereocenters. The fourth-order valence-corrected chi connectivity index (χ4v) is 4.61. The zero-order chi connectivity index (χ0) is 28.0. The van der Waals surface area contributed by atoms with E-state index in [1.807, 2.05) is 0 Å². The van der Waals surface area contributed by atoms with Gasteiger partial charge in [-0.1, -0.05) is 42.5 Å². The van der Waals surface area contributed by atoms with Crippen molar-refractivity contribution in [3.05, 3.63) is 84.4 Å². The molecular formula is C29H32O10. The van der Waals surface area contributed by atoms with Crippen LogP contribution in [0.2, 0.25) is 0 Å². The summed E-state index contributed by atoms with van der Waals surface area (Å²) < 4.78 is 40.7. The Morgan fingerprint density at radius 3 is 2.18 bits per heavy atom. The van der Waals surface area contributed by atoms with Crippen LogP contribution in [0.25, 0.3) is 0 Å². The summed E-state index contributed by atoms with van der Waals surface area (Å²) in [5.74, 6) is -5.09. The predicted molar refractivity (Wildman–Crippen MR) is 137 cm³/mol.